The Morgan fingerprint density at radius 2 is 2.29 bits per heavy atom. The number of nitrogens with zero attached hydrogens (tertiary/aromatic N) is 2. The van der Waals surface area contributed by atoms with Crippen LogP contribution in [0.5, 0.6) is 0 Å². The van der Waals surface area contributed by atoms with Gasteiger partial charge in [-0.25, -0.2) is 4.98 Å². The van der Waals surface area contributed by atoms with Gasteiger partial charge in [-0.15, -0.1) is 36.2 Å². The Balaban J connectivity index is 0.00000128. The molecule has 0 radical (unpaired) electrons. The quantitative estimate of drug-likeness (QED) is 0.931. The van der Waals surface area contributed by atoms with Crippen molar-refractivity contribution in [2.45, 2.75) is 32.2 Å². The maximum atomic E-state index is 5.95. The molecule has 0 aliphatic carbocycles. The summed E-state index contributed by atoms with van der Waals surface area (Å²) in [5.41, 5.74) is 9.09. The van der Waals surface area contributed by atoms with Gasteiger partial charge in [-0.3, -0.25) is 0 Å². The molecule has 0 amide bonds. The van der Waals surface area contributed by atoms with Crippen molar-refractivity contribution in [2.24, 2.45) is 5.73 Å². The number of aromatic nitrogens is 1. The normalized spacial score (nSPS) is 20.5. The third-order valence-corrected chi connectivity index (χ3v) is 4.04. The van der Waals surface area contributed by atoms with E-state index in [1.54, 1.807) is 11.3 Å². The van der Waals surface area contributed by atoms with E-state index in [2.05, 4.69) is 16.8 Å². The van der Waals surface area contributed by atoms with Gasteiger partial charge in [0.15, 0.2) is 0 Å². The largest absolute Gasteiger partial charge is 0.327 e. The first-order valence-corrected chi connectivity index (χ1v) is 6.50. The van der Waals surface area contributed by atoms with Crippen molar-refractivity contribution in [2.75, 3.05) is 19.6 Å². The van der Waals surface area contributed by atoms with Crippen molar-refractivity contribution >= 4 is 36.2 Å². The van der Waals surface area contributed by atoms with Crippen LogP contribution < -0.4 is 5.73 Å². The first-order valence-electron chi connectivity index (χ1n) is 5.62. The van der Waals surface area contributed by atoms with Gasteiger partial charge in [0.25, 0.3) is 0 Å². The second kappa shape index (κ2) is 8.27. The fraction of sp³-hybridized carbons (Fsp3) is 0.727. The first kappa shape index (κ1) is 17.1. The molecule has 1 fully saturated rings. The van der Waals surface area contributed by atoms with Crippen LogP contribution in [0.25, 0.3) is 0 Å². The summed E-state index contributed by atoms with van der Waals surface area (Å²) in [7, 11) is 0. The number of halogens is 2. The van der Waals surface area contributed by atoms with Gasteiger partial charge < -0.3 is 10.6 Å². The molecule has 1 aliphatic rings. The van der Waals surface area contributed by atoms with Gasteiger partial charge in [-0.1, -0.05) is 0 Å². The molecule has 2 heterocycles. The van der Waals surface area contributed by atoms with Crippen LogP contribution in [0.15, 0.2) is 5.51 Å². The molecule has 17 heavy (non-hydrogen) atoms. The van der Waals surface area contributed by atoms with Gasteiger partial charge in [-0.05, 0) is 32.7 Å². The predicted molar refractivity (Wildman–Crippen MR) is 78.7 cm³/mol. The molecule has 3 nitrogen and oxygen atoms in total. The highest BCUT2D eigenvalue weighted by molar-refractivity contribution is 7.09. The van der Waals surface area contributed by atoms with Gasteiger partial charge in [0.1, 0.15) is 0 Å². The smallest absolute Gasteiger partial charge is 0.0797 e. The number of likely N-dealkylation sites (tertiary alicyclic amines) is 1. The fourth-order valence-electron chi connectivity index (χ4n) is 2.12. The third-order valence-electron chi connectivity index (χ3n) is 3.04. The maximum Gasteiger partial charge on any atom is 0.0797 e. The highest BCUT2D eigenvalue weighted by atomic mass is 35.5. The Kier molecular flexibility index (Phi) is 8.33. The number of hydrogen-bond acceptors (Lipinski definition) is 4. The lowest BCUT2D eigenvalue weighted by Gasteiger charge is -2.30. The van der Waals surface area contributed by atoms with Gasteiger partial charge in [-0.2, -0.15) is 0 Å². The van der Waals surface area contributed by atoms with Crippen molar-refractivity contribution in [3.05, 3.63) is 16.1 Å². The molecule has 0 spiro atoms. The zero-order chi connectivity index (χ0) is 10.7. The molecule has 1 atom stereocenters. The van der Waals surface area contributed by atoms with Gasteiger partial charge in [0.05, 0.1) is 11.2 Å². The summed E-state index contributed by atoms with van der Waals surface area (Å²) in [6.45, 7) is 5.51. The summed E-state index contributed by atoms with van der Waals surface area (Å²) in [6.07, 6.45) is 3.57. The second-order valence-corrected chi connectivity index (χ2v) is 5.25. The van der Waals surface area contributed by atoms with Crippen LogP contribution in [0.1, 0.15) is 23.4 Å². The van der Waals surface area contributed by atoms with Crippen molar-refractivity contribution in [3.63, 3.8) is 0 Å². The van der Waals surface area contributed by atoms with Gasteiger partial charge in [0, 0.05) is 24.0 Å². The van der Waals surface area contributed by atoms with E-state index in [9.17, 15) is 0 Å². The molecular formula is C11H21Cl2N3S. The Bertz CT molecular complexity index is 319. The molecule has 100 valence electrons. The highest BCUT2D eigenvalue weighted by Crippen LogP contribution is 2.15. The Hall–Kier alpha value is 0.130. The highest BCUT2D eigenvalue weighted by Gasteiger charge is 2.16. The second-order valence-electron chi connectivity index (χ2n) is 4.31. The van der Waals surface area contributed by atoms with E-state index in [1.165, 1.54) is 30.0 Å². The molecule has 2 N–H and O–H groups in total. The Morgan fingerprint density at radius 1 is 1.53 bits per heavy atom. The molecule has 0 saturated carbocycles. The van der Waals surface area contributed by atoms with E-state index in [0.29, 0.717) is 6.04 Å². The average molecular weight is 298 g/mol. The summed E-state index contributed by atoms with van der Waals surface area (Å²) < 4.78 is 0. The van der Waals surface area contributed by atoms with Crippen molar-refractivity contribution < 1.29 is 0 Å². The monoisotopic (exact) mass is 297 g/mol. The number of hydrogen-bond donors (Lipinski definition) is 1. The minimum Gasteiger partial charge on any atom is -0.327 e. The summed E-state index contributed by atoms with van der Waals surface area (Å²) in [5, 5.41) is 0. The van der Waals surface area contributed by atoms with E-state index in [1.807, 2.05) is 5.51 Å². The van der Waals surface area contributed by atoms with Crippen molar-refractivity contribution in [3.8, 4) is 0 Å². The number of thiazole rings is 1. The van der Waals surface area contributed by atoms with E-state index < -0.39 is 0 Å². The number of nitrogens with two attached hydrogens (primary N) is 1. The fourth-order valence-corrected chi connectivity index (χ4v) is 2.89. The molecule has 2 rings (SSSR count). The molecule has 1 aromatic heterocycles. The summed E-state index contributed by atoms with van der Waals surface area (Å²) in [5.74, 6) is 0. The molecule has 1 saturated heterocycles. The van der Waals surface area contributed by atoms with Crippen LogP contribution in [-0.4, -0.2) is 35.6 Å². The minimum absolute atomic E-state index is 0. The van der Waals surface area contributed by atoms with Crippen LogP contribution in [0.3, 0.4) is 0 Å². The van der Waals surface area contributed by atoms with Gasteiger partial charge in [0.2, 0.25) is 0 Å². The molecule has 1 aliphatic heterocycles. The standard InChI is InChI=1S/C11H19N3S.2ClH/c1-9-11(15-8-13-9)4-6-14-5-2-3-10(12)7-14;;/h8,10H,2-7,12H2,1H3;2*1H. The maximum absolute atomic E-state index is 5.95. The molecule has 6 heteroatoms. The van der Waals surface area contributed by atoms with E-state index >= 15 is 0 Å². The van der Waals surface area contributed by atoms with Gasteiger partial charge >= 0.3 is 0 Å². The van der Waals surface area contributed by atoms with E-state index in [4.69, 9.17) is 5.73 Å². The zero-order valence-electron chi connectivity index (χ0n) is 10.1. The Morgan fingerprint density at radius 3 is 2.88 bits per heavy atom. The van der Waals surface area contributed by atoms with Crippen molar-refractivity contribution in [1.82, 2.24) is 9.88 Å². The number of aryl methyl sites for hydroxylation is 1. The number of rotatable bonds is 3. The number of piperidine rings is 1. The molecule has 1 aromatic rings. The minimum atomic E-state index is 0. The van der Waals surface area contributed by atoms with E-state index in [0.717, 1.165) is 19.5 Å². The van der Waals surface area contributed by atoms with Crippen LogP contribution in [0.2, 0.25) is 0 Å². The lowest BCUT2D eigenvalue weighted by Crippen LogP contribution is -2.43. The average Bonchev–Trinajstić information content (AvgIpc) is 2.61. The zero-order valence-corrected chi connectivity index (χ0v) is 12.5. The Labute approximate surface area is 120 Å². The lowest BCUT2D eigenvalue weighted by molar-refractivity contribution is 0.212. The third kappa shape index (κ3) is 5.10. The molecule has 0 bridgehead atoms. The molecule has 0 aromatic carbocycles. The van der Waals surface area contributed by atoms with Crippen LogP contribution in [0, 0.1) is 6.92 Å². The van der Waals surface area contributed by atoms with Crippen molar-refractivity contribution in [1.29, 1.82) is 0 Å². The van der Waals surface area contributed by atoms with Crippen LogP contribution in [-0.2, 0) is 6.42 Å². The van der Waals surface area contributed by atoms with Crippen LogP contribution >= 0.6 is 36.2 Å². The topological polar surface area (TPSA) is 42.2 Å². The SMILES string of the molecule is Cc1ncsc1CCN1CCCC(N)C1.Cl.Cl. The first-order chi connectivity index (χ1) is 7.25. The summed E-state index contributed by atoms with van der Waals surface area (Å²) in [4.78, 5) is 8.18. The molecule has 1 unspecified atom stereocenters. The summed E-state index contributed by atoms with van der Waals surface area (Å²) >= 11 is 1.77. The lowest BCUT2D eigenvalue weighted by atomic mass is 10.1. The predicted octanol–water partition coefficient (Wildman–Crippen LogP) is 2.26. The van der Waals surface area contributed by atoms with Crippen LogP contribution in [0.4, 0.5) is 0 Å². The van der Waals surface area contributed by atoms with E-state index in [-0.39, 0.29) is 24.8 Å². The molecular weight excluding hydrogens is 277 g/mol. The summed E-state index contributed by atoms with van der Waals surface area (Å²) in [6, 6.07) is 0.390.